The zero-order valence-corrected chi connectivity index (χ0v) is 7.84. The molecule has 0 saturated heterocycles. The number of rotatable bonds is 4. The van der Waals surface area contributed by atoms with Crippen LogP contribution in [0.2, 0.25) is 0 Å². The molecule has 0 aromatic heterocycles. The number of benzene rings is 1. The quantitative estimate of drug-likeness (QED) is 0.557. The molecule has 6 heteroatoms. The molecule has 1 aromatic rings. The van der Waals surface area contributed by atoms with E-state index < -0.39 is 23.5 Å². The number of aliphatic carboxylic acids is 2. The number of carbonyl (C=O) groups is 4. The van der Waals surface area contributed by atoms with Gasteiger partial charge in [-0.2, -0.15) is 0 Å². The summed E-state index contributed by atoms with van der Waals surface area (Å²) < 4.78 is 0. The van der Waals surface area contributed by atoms with E-state index in [9.17, 15) is 19.2 Å². The number of ketones is 2. The van der Waals surface area contributed by atoms with Crippen LogP contribution in [0.15, 0.2) is 24.3 Å². The highest BCUT2D eigenvalue weighted by Gasteiger charge is 2.17. The minimum absolute atomic E-state index is 0.116. The molecule has 1 aromatic carbocycles. The van der Waals surface area contributed by atoms with E-state index in [0.29, 0.717) is 0 Å². The van der Waals surface area contributed by atoms with Gasteiger partial charge in [0.2, 0.25) is 0 Å². The standard InChI is InChI=1S/C10H6O6/c11-7(9(13)14)5-1-2-6(4-3-5)8(12)10(15)16/h1-4H,(H,13,14)(H,15,16). The maximum Gasteiger partial charge on any atom is 0.377 e. The summed E-state index contributed by atoms with van der Waals surface area (Å²) in [4.78, 5) is 42.5. The lowest BCUT2D eigenvalue weighted by Gasteiger charge is -1.98. The van der Waals surface area contributed by atoms with Gasteiger partial charge in [0, 0.05) is 11.1 Å². The normalized spacial score (nSPS) is 9.50. The van der Waals surface area contributed by atoms with E-state index in [0.717, 1.165) is 24.3 Å². The van der Waals surface area contributed by atoms with E-state index >= 15 is 0 Å². The molecule has 0 unspecified atom stereocenters. The highest BCUT2D eigenvalue weighted by molar-refractivity contribution is 6.41. The maximum atomic E-state index is 11.0. The molecule has 82 valence electrons. The molecule has 1 rings (SSSR count). The molecule has 0 fully saturated rings. The van der Waals surface area contributed by atoms with Crippen LogP contribution in [0, 0.1) is 0 Å². The first-order valence-corrected chi connectivity index (χ1v) is 4.09. The van der Waals surface area contributed by atoms with Crippen molar-refractivity contribution in [3.63, 3.8) is 0 Å². The van der Waals surface area contributed by atoms with E-state index in [4.69, 9.17) is 10.2 Å². The van der Waals surface area contributed by atoms with Gasteiger partial charge in [-0.3, -0.25) is 9.59 Å². The Labute approximate surface area is 89.1 Å². The lowest BCUT2D eigenvalue weighted by atomic mass is 10.1. The molecule has 0 heterocycles. The zero-order valence-electron chi connectivity index (χ0n) is 7.84. The molecule has 0 radical (unpaired) electrons. The van der Waals surface area contributed by atoms with E-state index in [1.54, 1.807) is 0 Å². The van der Waals surface area contributed by atoms with Gasteiger partial charge in [0.15, 0.2) is 0 Å². The van der Waals surface area contributed by atoms with Crippen molar-refractivity contribution in [3.8, 4) is 0 Å². The highest BCUT2D eigenvalue weighted by Crippen LogP contribution is 2.06. The molecule has 0 aliphatic rings. The monoisotopic (exact) mass is 222 g/mol. The van der Waals surface area contributed by atoms with Gasteiger partial charge >= 0.3 is 11.9 Å². The first kappa shape index (κ1) is 11.6. The van der Waals surface area contributed by atoms with Crippen molar-refractivity contribution in [1.82, 2.24) is 0 Å². The molecule has 6 nitrogen and oxygen atoms in total. The fourth-order valence-electron chi connectivity index (χ4n) is 1.02. The summed E-state index contributed by atoms with van der Waals surface area (Å²) in [6.45, 7) is 0. The Bertz CT molecular complexity index is 426. The summed E-state index contributed by atoms with van der Waals surface area (Å²) >= 11 is 0. The lowest BCUT2D eigenvalue weighted by molar-refractivity contribution is -0.132. The van der Waals surface area contributed by atoms with Crippen LogP contribution in [0.25, 0.3) is 0 Å². The highest BCUT2D eigenvalue weighted by atomic mass is 16.4. The molecule has 2 N–H and O–H groups in total. The molecule has 16 heavy (non-hydrogen) atoms. The number of Topliss-reactive ketones (excluding diaryl/α,β-unsaturated/α-hetero) is 2. The van der Waals surface area contributed by atoms with Crippen molar-refractivity contribution in [2.45, 2.75) is 0 Å². The minimum atomic E-state index is -1.61. The van der Waals surface area contributed by atoms with Gasteiger partial charge in [-0.15, -0.1) is 0 Å². The van der Waals surface area contributed by atoms with Gasteiger partial charge in [0.1, 0.15) is 0 Å². The first-order valence-electron chi connectivity index (χ1n) is 4.09. The predicted molar refractivity (Wildman–Crippen MR) is 50.4 cm³/mol. The van der Waals surface area contributed by atoms with Crippen molar-refractivity contribution < 1.29 is 29.4 Å². The van der Waals surface area contributed by atoms with Crippen molar-refractivity contribution in [1.29, 1.82) is 0 Å². The molecular formula is C10H6O6. The van der Waals surface area contributed by atoms with E-state index in [1.807, 2.05) is 0 Å². The van der Waals surface area contributed by atoms with Crippen molar-refractivity contribution >= 4 is 23.5 Å². The van der Waals surface area contributed by atoms with Gasteiger partial charge in [-0.25, -0.2) is 9.59 Å². The van der Waals surface area contributed by atoms with Crippen LogP contribution in [0.3, 0.4) is 0 Å². The van der Waals surface area contributed by atoms with Gasteiger partial charge in [-0.1, -0.05) is 24.3 Å². The summed E-state index contributed by atoms with van der Waals surface area (Å²) in [5, 5.41) is 16.8. The van der Waals surface area contributed by atoms with Crippen molar-refractivity contribution in [2.24, 2.45) is 0 Å². The van der Waals surface area contributed by atoms with Crippen LogP contribution >= 0.6 is 0 Å². The molecule has 0 atom stereocenters. The van der Waals surface area contributed by atoms with Gasteiger partial charge in [-0.05, 0) is 0 Å². The second-order valence-corrected chi connectivity index (χ2v) is 2.85. The Kier molecular flexibility index (Phi) is 3.14. The third kappa shape index (κ3) is 2.30. The maximum absolute atomic E-state index is 11.0. The van der Waals surface area contributed by atoms with Crippen LogP contribution in [0.4, 0.5) is 0 Å². The third-order valence-electron chi connectivity index (χ3n) is 1.80. The second-order valence-electron chi connectivity index (χ2n) is 2.85. The summed E-state index contributed by atoms with van der Waals surface area (Å²) in [5.41, 5.74) is -0.233. The fourth-order valence-corrected chi connectivity index (χ4v) is 1.02. The van der Waals surface area contributed by atoms with Gasteiger partial charge < -0.3 is 10.2 Å². The van der Waals surface area contributed by atoms with Crippen LogP contribution < -0.4 is 0 Å². The Morgan fingerprint density at radius 2 is 0.938 bits per heavy atom. The van der Waals surface area contributed by atoms with Gasteiger partial charge in [0.05, 0.1) is 0 Å². The summed E-state index contributed by atoms with van der Waals surface area (Å²) in [6, 6.07) is 4.36. The summed E-state index contributed by atoms with van der Waals surface area (Å²) in [5.74, 6) is -5.46. The Morgan fingerprint density at radius 1 is 0.688 bits per heavy atom. The average Bonchev–Trinajstić information content (AvgIpc) is 2.27. The smallest absolute Gasteiger partial charge is 0.377 e. The van der Waals surface area contributed by atoms with Crippen molar-refractivity contribution in [3.05, 3.63) is 35.4 Å². The van der Waals surface area contributed by atoms with E-state index in [2.05, 4.69) is 0 Å². The Morgan fingerprint density at radius 3 is 1.12 bits per heavy atom. The topological polar surface area (TPSA) is 109 Å². The van der Waals surface area contributed by atoms with E-state index in [-0.39, 0.29) is 11.1 Å². The molecule has 0 aliphatic carbocycles. The molecule has 0 spiro atoms. The number of carbonyl (C=O) groups excluding carboxylic acids is 2. The lowest BCUT2D eigenvalue weighted by Crippen LogP contribution is -2.15. The molecular weight excluding hydrogens is 216 g/mol. The number of hydrogen-bond acceptors (Lipinski definition) is 4. The van der Waals surface area contributed by atoms with Crippen LogP contribution in [0.1, 0.15) is 20.7 Å². The zero-order chi connectivity index (χ0) is 12.3. The van der Waals surface area contributed by atoms with Crippen molar-refractivity contribution in [2.75, 3.05) is 0 Å². The molecule has 0 amide bonds. The summed E-state index contributed by atoms with van der Waals surface area (Å²) in [7, 11) is 0. The number of carboxylic acids is 2. The predicted octanol–water partition coefficient (Wildman–Crippen LogP) is 0.221. The Balaban J connectivity index is 3.00. The number of hydrogen-bond donors (Lipinski definition) is 2. The first-order chi connectivity index (χ1) is 7.43. The van der Waals surface area contributed by atoms with Crippen LogP contribution in [-0.4, -0.2) is 33.7 Å². The SMILES string of the molecule is O=C(O)C(=O)c1ccc(C(=O)C(=O)O)cc1. The Hall–Kier alpha value is -2.50. The molecule has 0 bridgehead atoms. The van der Waals surface area contributed by atoms with Gasteiger partial charge in [0.25, 0.3) is 11.6 Å². The minimum Gasteiger partial charge on any atom is -0.475 e. The molecule has 0 aliphatic heterocycles. The third-order valence-corrected chi connectivity index (χ3v) is 1.80. The van der Waals surface area contributed by atoms with E-state index in [1.165, 1.54) is 0 Å². The second kappa shape index (κ2) is 4.35. The average molecular weight is 222 g/mol. The largest absolute Gasteiger partial charge is 0.475 e. The fraction of sp³-hybridized carbons (Fsp3) is 0. The molecule has 0 saturated carbocycles. The summed E-state index contributed by atoms with van der Waals surface area (Å²) in [6.07, 6.45) is 0. The van der Waals surface area contributed by atoms with Crippen LogP contribution in [-0.2, 0) is 9.59 Å². The van der Waals surface area contributed by atoms with Crippen LogP contribution in [0.5, 0.6) is 0 Å². The number of carboxylic acid groups (broad SMARTS) is 2.